The highest BCUT2D eigenvalue weighted by Crippen LogP contribution is 2.47. The molecule has 1 aliphatic carbocycles. The first kappa shape index (κ1) is 15.9. The van der Waals surface area contributed by atoms with Crippen LogP contribution in [0, 0.1) is 17.8 Å². The first-order valence-corrected chi connectivity index (χ1v) is 6.97. The minimum Gasteiger partial charge on any atom is -0.369 e. The first-order valence-electron chi connectivity index (χ1n) is 6.97. The van der Waals surface area contributed by atoms with E-state index in [9.17, 15) is 18.3 Å². The van der Waals surface area contributed by atoms with E-state index < -0.39 is 17.7 Å². The molecule has 1 atom stereocenters. The van der Waals surface area contributed by atoms with Crippen molar-refractivity contribution in [3.05, 3.63) is 35.4 Å². The standard InChI is InChI=1S/C17H19F3O/c1-15(2,3)13-6-4-12(5-7-13)10-11-16(21,14-8-9-14)17(18,19)20/h4-7,14,21H,8-9H2,1-3H3. The molecule has 1 aliphatic rings. The van der Waals surface area contributed by atoms with Crippen LogP contribution in [-0.4, -0.2) is 16.9 Å². The molecule has 114 valence electrons. The molecular formula is C17H19F3O. The Kier molecular flexibility index (Phi) is 3.84. The summed E-state index contributed by atoms with van der Waals surface area (Å²) in [5, 5.41) is 9.83. The van der Waals surface area contributed by atoms with E-state index in [1.807, 2.05) is 12.1 Å². The highest BCUT2D eigenvalue weighted by Gasteiger charge is 2.61. The number of hydrogen-bond donors (Lipinski definition) is 1. The Hall–Kier alpha value is -1.47. The molecule has 0 aliphatic heterocycles. The summed E-state index contributed by atoms with van der Waals surface area (Å²) in [5.41, 5.74) is -1.34. The lowest BCUT2D eigenvalue weighted by Gasteiger charge is -2.24. The Morgan fingerprint density at radius 2 is 1.57 bits per heavy atom. The van der Waals surface area contributed by atoms with Gasteiger partial charge in [-0.15, -0.1) is 0 Å². The van der Waals surface area contributed by atoms with Crippen LogP contribution < -0.4 is 0 Å². The van der Waals surface area contributed by atoms with Crippen LogP contribution in [0.25, 0.3) is 0 Å². The van der Waals surface area contributed by atoms with Crippen LogP contribution in [0.15, 0.2) is 24.3 Å². The van der Waals surface area contributed by atoms with Crippen molar-refractivity contribution in [1.29, 1.82) is 0 Å². The number of benzene rings is 1. The second kappa shape index (κ2) is 5.06. The van der Waals surface area contributed by atoms with E-state index in [1.54, 1.807) is 12.1 Å². The summed E-state index contributed by atoms with van der Waals surface area (Å²) in [4.78, 5) is 0. The van der Waals surface area contributed by atoms with Gasteiger partial charge in [-0.2, -0.15) is 13.2 Å². The summed E-state index contributed by atoms with van der Waals surface area (Å²) in [6, 6.07) is 7.09. The quantitative estimate of drug-likeness (QED) is 0.776. The zero-order chi connectivity index (χ0) is 15.9. The maximum absolute atomic E-state index is 13.0. The summed E-state index contributed by atoms with van der Waals surface area (Å²) >= 11 is 0. The average molecular weight is 296 g/mol. The molecule has 1 aromatic rings. The monoisotopic (exact) mass is 296 g/mol. The molecule has 1 unspecified atom stereocenters. The Morgan fingerprint density at radius 1 is 1.05 bits per heavy atom. The lowest BCUT2D eigenvalue weighted by Crippen LogP contribution is -2.46. The minimum absolute atomic E-state index is 0.0212. The summed E-state index contributed by atoms with van der Waals surface area (Å²) in [5.74, 6) is 3.73. The van der Waals surface area contributed by atoms with Gasteiger partial charge in [0.05, 0.1) is 0 Å². The molecule has 0 saturated heterocycles. The van der Waals surface area contributed by atoms with Gasteiger partial charge in [-0.3, -0.25) is 0 Å². The van der Waals surface area contributed by atoms with Gasteiger partial charge in [0.1, 0.15) is 0 Å². The number of aliphatic hydroxyl groups is 1. The van der Waals surface area contributed by atoms with Crippen LogP contribution >= 0.6 is 0 Å². The average Bonchev–Trinajstić information content (AvgIpc) is 3.18. The maximum atomic E-state index is 13.0. The van der Waals surface area contributed by atoms with Crippen molar-refractivity contribution in [2.24, 2.45) is 5.92 Å². The fourth-order valence-electron chi connectivity index (χ4n) is 2.13. The van der Waals surface area contributed by atoms with Gasteiger partial charge in [0.15, 0.2) is 0 Å². The smallest absolute Gasteiger partial charge is 0.369 e. The van der Waals surface area contributed by atoms with E-state index in [4.69, 9.17) is 0 Å². The van der Waals surface area contributed by atoms with Gasteiger partial charge in [-0.25, -0.2) is 0 Å². The van der Waals surface area contributed by atoms with E-state index in [0.717, 1.165) is 5.56 Å². The fourth-order valence-corrected chi connectivity index (χ4v) is 2.13. The predicted octanol–water partition coefficient (Wildman–Crippen LogP) is 4.04. The summed E-state index contributed by atoms with van der Waals surface area (Å²) in [6.07, 6.45) is -3.98. The van der Waals surface area contributed by atoms with Crippen molar-refractivity contribution in [3.8, 4) is 11.8 Å². The summed E-state index contributed by atoms with van der Waals surface area (Å²) in [6.45, 7) is 6.18. The van der Waals surface area contributed by atoms with Crippen LogP contribution in [0.1, 0.15) is 44.7 Å². The topological polar surface area (TPSA) is 20.2 Å². The Morgan fingerprint density at radius 3 is 1.95 bits per heavy atom. The normalized spacial score (nSPS) is 18.6. The lowest BCUT2D eigenvalue weighted by atomic mass is 9.86. The molecule has 21 heavy (non-hydrogen) atoms. The molecule has 2 rings (SSSR count). The third-order valence-electron chi connectivity index (χ3n) is 3.75. The fraction of sp³-hybridized carbons (Fsp3) is 0.529. The Balaban J connectivity index is 2.26. The van der Waals surface area contributed by atoms with Crippen LogP contribution in [0.5, 0.6) is 0 Å². The first-order chi connectivity index (χ1) is 9.54. The predicted molar refractivity (Wildman–Crippen MR) is 75.7 cm³/mol. The third-order valence-corrected chi connectivity index (χ3v) is 3.75. The summed E-state index contributed by atoms with van der Waals surface area (Å²) in [7, 11) is 0. The van der Waals surface area contributed by atoms with Crippen molar-refractivity contribution < 1.29 is 18.3 Å². The minimum atomic E-state index is -4.72. The van der Waals surface area contributed by atoms with Crippen molar-refractivity contribution in [2.75, 3.05) is 0 Å². The molecule has 0 aromatic heterocycles. The number of hydrogen-bond acceptors (Lipinski definition) is 1. The second-order valence-corrected chi connectivity index (χ2v) is 6.62. The highest BCUT2D eigenvalue weighted by atomic mass is 19.4. The lowest BCUT2D eigenvalue weighted by molar-refractivity contribution is -0.242. The van der Waals surface area contributed by atoms with Crippen LogP contribution in [0.2, 0.25) is 0 Å². The molecule has 0 spiro atoms. The Bertz CT molecular complexity index is 565. The number of alkyl halides is 3. The van der Waals surface area contributed by atoms with Gasteiger partial charge < -0.3 is 5.11 Å². The van der Waals surface area contributed by atoms with Crippen molar-refractivity contribution in [3.63, 3.8) is 0 Å². The molecule has 1 saturated carbocycles. The van der Waals surface area contributed by atoms with Crippen molar-refractivity contribution in [1.82, 2.24) is 0 Å². The van der Waals surface area contributed by atoms with E-state index >= 15 is 0 Å². The summed E-state index contributed by atoms with van der Waals surface area (Å²) < 4.78 is 38.9. The third kappa shape index (κ3) is 3.41. The highest BCUT2D eigenvalue weighted by molar-refractivity contribution is 5.40. The Labute approximate surface area is 123 Å². The molecule has 0 heterocycles. The van der Waals surface area contributed by atoms with Gasteiger partial charge in [0.25, 0.3) is 0 Å². The molecule has 1 fully saturated rings. The molecule has 0 radical (unpaired) electrons. The van der Waals surface area contributed by atoms with Crippen LogP contribution in [0.4, 0.5) is 13.2 Å². The zero-order valence-corrected chi connectivity index (χ0v) is 12.4. The molecule has 4 heteroatoms. The largest absolute Gasteiger partial charge is 0.428 e. The molecule has 1 N–H and O–H groups in total. The van der Waals surface area contributed by atoms with Gasteiger partial charge in [0.2, 0.25) is 5.60 Å². The zero-order valence-electron chi connectivity index (χ0n) is 12.4. The van der Waals surface area contributed by atoms with E-state index in [-0.39, 0.29) is 5.41 Å². The van der Waals surface area contributed by atoms with Crippen molar-refractivity contribution >= 4 is 0 Å². The molecular weight excluding hydrogens is 277 g/mol. The van der Waals surface area contributed by atoms with Gasteiger partial charge >= 0.3 is 6.18 Å². The van der Waals surface area contributed by atoms with E-state index in [2.05, 4.69) is 32.6 Å². The molecule has 1 nitrogen and oxygen atoms in total. The molecule has 1 aromatic carbocycles. The molecule has 0 amide bonds. The second-order valence-electron chi connectivity index (χ2n) is 6.62. The molecule has 0 bridgehead atoms. The SMILES string of the molecule is CC(C)(C)c1ccc(C#CC(O)(C2CC2)C(F)(F)F)cc1. The number of halogens is 3. The van der Waals surface area contributed by atoms with Crippen molar-refractivity contribution in [2.45, 2.75) is 50.8 Å². The van der Waals surface area contributed by atoms with E-state index in [1.165, 1.54) is 0 Å². The van der Waals surface area contributed by atoms with Crippen LogP contribution in [0.3, 0.4) is 0 Å². The van der Waals surface area contributed by atoms with E-state index in [0.29, 0.717) is 18.4 Å². The van der Waals surface area contributed by atoms with Gasteiger partial charge in [-0.05, 0) is 36.0 Å². The maximum Gasteiger partial charge on any atom is 0.428 e. The van der Waals surface area contributed by atoms with Crippen LogP contribution in [-0.2, 0) is 5.41 Å². The van der Waals surface area contributed by atoms with Gasteiger partial charge in [0, 0.05) is 11.5 Å². The number of rotatable bonds is 1. The van der Waals surface area contributed by atoms with Gasteiger partial charge in [-0.1, -0.05) is 44.7 Å².